The first-order chi connectivity index (χ1) is 11.5. The third-order valence-corrected chi connectivity index (χ3v) is 3.37. The molecule has 116 valence electrons. The van der Waals surface area contributed by atoms with Crippen molar-refractivity contribution in [2.24, 2.45) is 11.5 Å². The average molecular weight is 316 g/mol. The Bertz CT molecular complexity index is 868. The minimum absolute atomic E-state index is 0.229. The number of Topliss-reactive ketones (excluding diaryl/α,β-unsaturated/α-hetero) is 2. The number of carbonyl (C=O) groups excluding carboxylic acids is 2. The Morgan fingerprint density at radius 2 is 0.958 bits per heavy atom. The molecule has 2 aromatic carbocycles. The molecule has 0 spiro atoms. The van der Waals surface area contributed by atoms with Crippen LogP contribution in [-0.2, 0) is 0 Å². The lowest BCUT2D eigenvalue weighted by Crippen LogP contribution is -2.20. The fourth-order valence-electron chi connectivity index (χ4n) is 2.20. The van der Waals surface area contributed by atoms with Gasteiger partial charge in [0.25, 0.3) is 0 Å². The largest absolute Gasteiger partial charge is 0.388 e. The number of hydrogen-bond acceptors (Lipinski definition) is 6. The van der Waals surface area contributed by atoms with E-state index in [1.807, 2.05) is 24.3 Å². The lowest BCUT2D eigenvalue weighted by Gasteiger charge is -2.16. The van der Waals surface area contributed by atoms with E-state index in [0.29, 0.717) is 11.1 Å². The van der Waals surface area contributed by atoms with E-state index in [9.17, 15) is 9.59 Å². The van der Waals surface area contributed by atoms with Crippen LogP contribution in [-0.4, -0.2) is 11.6 Å². The molecule has 0 bridgehead atoms. The number of allylic oxidation sites excluding steroid dienone is 2. The molecule has 0 atom stereocenters. The number of fused-ring (bicyclic) bond motifs is 3. The van der Waals surface area contributed by atoms with Gasteiger partial charge in [0.1, 0.15) is 23.5 Å². The Hall–Kier alpha value is -3.90. The van der Waals surface area contributed by atoms with Crippen molar-refractivity contribution >= 4 is 11.6 Å². The molecule has 2 aromatic rings. The van der Waals surface area contributed by atoms with E-state index in [2.05, 4.69) is 0 Å². The van der Waals surface area contributed by atoms with Crippen molar-refractivity contribution in [3.63, 3.8) is 0 Å². The Morgan fingerprint density at radius 1 is 0.667 bits per heavy atom. The zero-order valence-corrected chi connectivity index (χ0v) is 12.5. The van der Waals surface area contributed by atoms with E-state index >= 15 is 0 Å². The van der Waals surface area contributed by atoms with Crippen LogP contribution in [0.5, 0.6) is 0 Å². The Labute approximate surface area is 138 Å². The zero-order chi connectivity index (χ0) is 17.7. The second kappa shape index (κ2) is 6.91. The summed E-state index contributed by atoms with van der Waals surface area (Å²) in [6.45, 7) is 0. The minimum atomic E-state index is -0.408. The molecule has 1 aliphatic rings. The van der Waals surface area contributed by atoms with Gasteiger partial charge in [0.2, 0.25) is 11.6 Å². The standard InChI is InChI=1S/C14H8O2.C4H4N4/c15-13-11-7-3-1-5-9(11)10-6-2-4-8-12(10)14(13)16;5-1-3(7)4(8)2-6/h1-8H;7-8H2/b;4-3-. The molecule has 1 aliphatic carbocycles. The van der Waals surface area contributed by atoms with Crippen LogP contribution < -0.4 is 11.5 Å². The molecule has 0 aliphatic heterocycles. The van der Waals surface area contributed by atoms with Crippen LogP contribution in [0, 0.1) is 22.7 Å². The Balaban J connectivity index is 0.000000224. The second-order valence-corrected chi connectivity index (χ2v) is 4.80. The number of ketones is 2. The van der Waals surface area contributed by atoms with Gasteiger partial charge in [-0.1, -0.05) is 48.5 Å². The van der Waals surface area contributed by atoms with Crippen molar-refractivity contribution in [3.05, 3.63) is 71.1 Å². The smallest absolute Gasteiger partial charge is 0.234 e. The van der Waals surface area contributed by atoms with E-state index in [-0.39, 0.29) is 11.4 Å². The first-order valence-electron chi connectivity index (χ1n) is 6.84. The fraction of sp³-hybridized carbons (Fsp3) is 0. The van der Waals surface area contributed by atoms with Gasteiger partial charge in [-0.15, -0.1) is 0 Å². The summed E-state index contributed by atoms with van der Waals surface area (Å²) in [6.07, 6.45) is 0. The minimum Gasteiger partial charge on any atom is -0.388 e. The highest BCUT2D eigenvalue weighted by Crippen LogP contribution is 2.32. The van der Waals surface area contributed by atoms with Crippen LogP contribution >= 0.6 is 0 Å². The van der Waals surface area contributed by atoms with Crippen molar-refractivity contribution in [1.82, 2.24) is 0 Å². The molecule has 0 fully saturated rings. The van der Waals surface area contributed by atoms with Crippen molar-refractivity contribution in [2.75, 3.05) is 0 Å². The van der Waals surface area contributed by atoms with Gasteiger partial charge in [-0.2, -0.15) is 10.5 Å². The number of nitrogens with two attached hydrogens (primary N) is 2. The van der Waals surface area contributed by atoms with Gasteiger partial charge >= 0.3 is 0 Å². The molecule has 0 unspecified atom stereocenters. The highest BCUT2D eigenvalue weighted by atomic mass is 16.2. The Kier molecular flexibility index (Phi) is 4.74. The SMILES string of the molecule is N#C/C(N)=C(/N)C#N.O=C1C(=O)c2ccccc2-c2ccccc21. The van der Waals surface area contributed by atoms with Gasteiger partial charge in [-0.3, -0.25) is 9.59 Å². The molecule has 0 heterocycles. The number of rotatable bonds is 0. The molecular formula is C18H12N4O2. The average Bonchev–Trinajstić information content (AvgIpc) is 2.65. The van der Waals surface area contributed by atoms with Crippen LogP contribution in [0.15, 0.2) is 59.9 Å². The van der Waals surface area contributed by atoms with E-state index < -0.39 is 11.6 Å². The quantitative estimate of drug-likeness (QED) is 0.563. The van der Waals surface area contributed by atoms with Crippen molar-refractivity contribution in [2.45, 2.75) is 0 Å². The predicted octanol–water partition coefficient (Wildman–Crippen LogP) is 1.90. The van der Waals surface area contributed by atoms with E-state index in [1.54, 1.807) is 24.3 Å². The summed E-state index contributed by atoms with van der Waals surface area (Å²) in [5.41, 5.74) is 12.0. The molecule has 3 rings (SSSR count). The van der Waals surface area contributed by atoms with Crippen LogP contribution in [0.4, 0.5) is 0 Å². The highest BCUT2D eigenvalue weighted by molar-refractivity contribution is 6.52. The topological polar surface area (TPSA) is 134 Å². The van der Waals surface area contributed by atoms with E-state index in [1.165, 1.54) is 12.1 Å². The normalized spacial score (nSPS) is 12.4. The van der Waals surface area contributed by atoms with Crippen molar-refractivity contribution < 1.29 is 9.59 Å². The monoisotopic (exact) mass is 316 g/mol. The van der Waals surface area contributed by atoms with Gasteiger partial charge in [0.05, 0.1) is 0 Å². The highest BCUT2D eigenvalue weighted by Gasteiger charge is 2.29. The van der Waals surface area contributed by atoms with Gasteiger partial charge in [0.15, 0.2) is 0 Å². The van der Waals surface area contributed by atoms with Gasteiger partial charge < -0.3 is 11.5 Å². The second-order valence-electron chi connectivity index (χ2n) is 4.80. The molecule has 0 aromatic heterocycles. The van der Waals surface area contributed by atoms with Crippen molar-refractivity contribution in [1.29, 1.82) is 10.5 Å². The first-order valence-corrected chi connectivity index (χ1v) is 6.84. The van der Waals surface area contributed by atoms with E-state index in [4.69, 9.17) is 22.0 Å². The van der Waals surface area contributed by atoms with Crippen LogP contribution in [0.1, 0.15) is 20.7 Å². The maximum atomic E-state index is 11.8. The molecule has 24 heavy (non-hydrogen) atoms. The van der Waals surface area contributed by atoms with Gasteiger partial charge in [-0.05, 0) is 11.1 Å². The molecule has 0 radical (unpaired) electrons. The molecule has 6 nitrogen and oxygen atoms in total. The summed E-state index contributed by atoms with van der Waals surface area (Å²) >= 11 is 0. The summed E-state index contributed by atoms with van der Waals surface area (Å²) < 4.78 is 0. The molecular weight excluding hydrogens is 304 g/mol. The van der Waals surface area contributed by atoms with Crippen molar-refractivity contribution in [3.8, 4) is 23.3 Å². The molecule has 6 heteroatoms. The number of hydrogen-bond donors (Lipinski definition) is 2. The third-order valence-electron chi connectivity index (χ3n) is 3.37. The van der Waals surface area contributed by atoms with Crippen LogP contribution in [0.3, 0.4) is 0 Å². The van der Waals surface area contributed by atoms with Gasteiger partial charge in [-0.25, -0.2) is 0 Å². The predicted molar refractivity (Wildman–Crippen MR) is 87.2 cm³/mol. The fourth-order valence-corrected chi connectivity index (χ4v) is 2.20. The summed E-state index contributed by atoms with van der Waals surface area (Å²) in [7, 11) is 0. The molecule has 0 saturated heterocycles. The number of benzene rings is 2. The van der Waals surface area contributed by atoms with Gasteiger partial charge in [0, 0.05) is 11.1 Å². The number of nitriles is 2. The Morgan fingerprint density at radius 3 is 1.25 bits per heavy atom. The summed E-state index contributed by atoms with van der Waals surface area (Å²) in [4.78, 5) is 23.7. The summed E-state index contributed by atoms with van der Waals surface area (Å²) in [5, 5.41) is 15.9. The molecule has 4 N–H and O–H groups in total. The lowest BCUT2D eigenvalue weighted by molar-refractivity contribution is 0.0815. The number of nitrogens with zero attached hydrogens (tertiary/aromatic N) is 2. The summed E-state index contributed by atoms with van der Waals surface area (Å²) in [5.74, 6) is -0.816. The van der Waals surface area contributed by atoms with E-state index in [0.717, 1.165) is 11.1 Å². The number of carbonyl (C=O) groups is 2. The maximum Gasteiger partial charge on any atom is 0.234 e. The zero-order valence-electron chi connectivity index (χ0n) is 12.5. The third kappa shape index (κ3) is 2.99. The van der Waals surface area contributed by atoms with Crippen LogP contribution in [0.2, 0.25) is 0 Å². The maximum absolute atomic E-state index is 11.8. The van der Waals surface area contributed by atoms with Crippen LogP contribution in [0.25, 0.3) is 11.1 Å². The molecule has 0 saturated carbocycles. The first kappa shape index (κ1) is 16.5. The lowest BCUT2D eigenvalue weighted by atomic mass is 9.84. The molecule has 0 amide bonds. The summed E-state index contributed by atoms with van der Waals surface area (Å²) in [6, 6.07) is 17.5.